The van der Waals surface area contributed by atoms with Crippen molar-refractivity contribution in [2.24, 2.45) is 0 Å². The largest absolute Gasteiger partial charge is 0.463 e. The molecule has 0 saturated carbocycles. The third-order valence-corrected chi connectivity index (χ3v) is 1.45. The second kappa shape index (κ2) is 9.75. The van der Waals surface area contributed by atoms with E-state index in [1.807, 2.05) is 6.07 Å². The molecule has 4 heteroatoms. The topological polar surface area (TPSA) is 59.3 Å². The van der Waals surface area contributed by atoms with Crippen LogP contribution in [-0.2, 0) is 14.3 Å². The van der Waals surface area contributed by atoms with Gasteiger partial charge in [0.25, 0.3) is 0 Å². The fourth-order valence-electron chi connectivity index (χ4n) is 0.758. The molecule has 0 aliphatic heterocycles. The highest BCUT2D eigenvalue weighted by Gasteiger charge is 1.94. The molecule has 0 rings (SSSR count). The summed E-state index contributed by atoms with van der Waals surface area (Å²) in [7, 11) is 0. The van der Waals surface area contributed by atoms with E-state index in [4.69, 9.17) is 14.7 Å². The van der Waals surface area contributed by atoms with Crippen molar-refractivity contribution in [3.05, 3.63) is 12.7 Å². The molecule has 0 saturated heterocycles. The van der Waals surface area contributed by atoms with Gasteiger partial charge in [-0.2, -0.15) is 5.26 Å². The van der Waals surface area contributed by atoms with Gasteiger partial charge < -0.3 is 9.47 Å². The van der Waals surface area contributed by atoms with E-state index < -0.39 is 5.97 Å². The Hall–Kier alpha value is -1.34. The van der Waals surface area contributed by atoms with Gasteiger partial charge in [-0.1, -0.05) is 6.58 Å². The molecule has 0 spiro atoms. The first kappa shape index (κ1) is 12.7. The number of carbonyl (C=O) groups is 1. The van der Waals surface area contributed by atoms with Crippen molar-refractivity contribution in [3.63, 3.8) is 0 Å². The van der Waals surface area contributed by atoms with Crippen LogP contribution in [0.4, 0.5) is 0 Å². The summed E-state index contributed by atoms with van der Waals surface area (Å²) in [6.07, 6.45) is 3.16. The van der Waals surface area contributed by atoms with E-state index in [2.05, 4.69) is 6.58 Å². The molecule has 4 nitrogen and oxygen atoms in total. The SMILES string of the molecule is C=CC(=O)OCCCCOCCC#N. The van der Waals surface area contributed by atoms with E-state index in [9.17, 15) is 4.79 Å². The lowest BCUT2D eigenvalue weighted by Crippen LogP contribution is -2.03. The van der Waals surface area contributed by atoms with E-state index >= 15 is 0 Å². The highest BCUT2D eigenvalue weighted by Crippen LogP contribution is 1.93. The highest BCUT2D eigenvalue weighted by atomic mass is 16.5. The molecule has 78 valence electrons. The lowest BCUT2D eigenvalue weighted by Gasteiger charge is -2.02. The Morgan fingerprint density at radius 2 is 2.07 bits per heavy atom. The number of rotatable bonds is 8. The summed E-state index contributed by atoms with van der Waals surface area (Å²) >= 11 is 0. The van der Waals surface area contributed by atoms with E-state index in [0.717, 1.165) is 18.9 Å². The van der Waals surface area contributed by atoms with E-state index in [1.54, 1.807) is 0 Å². The number of hydrogen-bond donors (Lipinski definition) is 0. The van der Waals surface area contributed by atoms with Gasteiger partial charge >= 0.3 is 5.97 Å². The third kappa shape index (κ3) is 8.75. The molecule has 0 aliphatic carbocycles. The lowest BCUT2D eigenvalue weighted by molar-refractivity contribution is -0.137. The minimum Gasteiger partial charge on any atom is -0.463 e. The lowest BCUT2D eigenvalue weighted by atomic mass is 10.3. The average molecular weight is 197 g/mol. The first-order valence-corrected chi connectivity index (χ1v) is 4.55. The minimum atomic E-state index is -0.393. The van der Waals surface area contributed by atoms with E-state index in [1.165, 1.54) is 0 Å². The molecule has 0 aromatic rings. The molecule has 0 aromatic carbocycles. The molecular formula is C10H15NO3. The standard InChI is InChI=1S/C10H15NO3/c1-2-10(12)14-9-4-3-7-13-8-5-6-11/h2H,1,3-5,7-9H2. The first-order chi connectivity index (χ1) is 6.81. The molecule has 0 heterocycles. The van der Waals surface area contributed by atoms with Gasteiger partial charge in [-0.15, -0.1) is 0 Å². The predicted octanol–water partition coefficient (Wildman–Crippen LogP) is 1.43. The normalized spacial score (nSPS) is 9.07. The molecule has 0 N–H and O–H groups in total. The number of esters is 1. The zero-order valence-corrected chi connectivity index (χ0v) is 8.20. The molecule has 0 amide bonds. The second-order valence-electron chi connectivity index (χ2n) is 2.60. The molecule has 14 heavy (non-hydrogen) atoms. The molecule has 0 fully saturated rings. The monoisotopic (exact) mass is 197 g/mol. The molecule has 0 unspecified atom stereocenters. The van der Waals surface area contributed by atoms with Gasteiger partial charge in [0.05, 0.1) is 25.7 Å². The summed E-state index contributed by atoms with van der Waals surface area (Å²) in [5, 5.41) is 8.20. The molecule has 0 atom stereocenters. The van der Waals surface area contributed by atoms with Crippen molar-refractivity contribution < 1.29 is 14.3 Å². The molecule has 0 radical (unpaired) electrons. The zero-order valence-electron chi connectivity index (χ0n) is 8.20. The number of unbranched alkanes of at least 4 members (excludes halogenated alkanes) is 1. The van der Waals surface area contributed by atoms with Crippen molar-refractivity contribution in [2.45, 2.75) is 19.3 Å². The van der Waals surface area contributed by atoms with Gasteiger partial charge in [-0.3, -0.25) is 0 Å². The van der Waals surface area contributed by atoms with Crippen LogP contribution in [0.2, 0.25) is 0 Å². The fourth-order valence-corrected chi connectivity index (χ4v) is 0.758. The molecule has 0 aromatic heterocycles. The van der Waals surface area contributed by atoms with Gasteiger partial charge in [-0.25, -0.2) is 4.79 Å². The van der Waals surface area contributed by atoms with Crippen molar-refractivity contribution in [2.75, 3.05) is 19.8 Å². The maximum absolute atomic E-state index is 10.6. The Labute approximate surface area is 84.1 Å². The molecule has 0 aliphatic rings. The Morgan fingerprint density at radius 1 is 1.36 bits per heavy atom. The van der Waals surface area contributed by atoms with Gasteiger partial charge in [0.2, 0.25) is 0 Å². The van der Waals surface area contributed by atoms with Crippen LogP contribution in [0, 0.1) is 11.3 Å². The molecular weight excluding hydrogens is 182 g/mol. The maximum Gasteiger partial charge on any atom is 0.330 e. The number of nitrogens with zero attached hydrogens (tertiary/aromatic N) is 1. The average Bonchev–Trinajstić information content (AvgIpc) is 2.21. The zero-order chi connectivity index (χ0) is 10.6. The Bertz CT molecular complexity index is 208. The number of nitriles is 1. The van der Waals surface area contributed by atoms with Crippen LogP contribution in [-0.4, -0.2) is 25.8 Å². The summed E-state index contributed by atoms with van der Waals surface area (Å²) in [6.45, 7) is 4.75. The van der Waals surface area contributed by atoms with Crippen LogP contribution in [0.25, 0.3) is 0 Å². The fraction of sp³-hybridized carbons (Fsp3) is 0.600. The van der Waals surface area contributed by atoms with Crippen molar-refractivity contribution in [1.29, 1.82) is 5.26 Å². The van der Waals surface area contributed by atoms with Crippen LogP contribution in [0.15, 0.2) is 12.7 Å². The van der Waals surface area contributed by atoms with Gasteiger partial charge in [-0.05, 0) is 12.8 Å². The summed E-state index contributed by atoms with van der Waals surface area (Å²) in [5.74, 6) is -0.393. The van der Waals surface area contributed by atoms with Gasteiger partial charge in [0.1, 0.15) is 0 Å². The summed E-state index contributed by atoms with van der Waals surface area (Å²) in [4.78, 5) is 10.6. The predicted molar refractivity (Wildman–Crippen MR) is 51.4 cm³/mol. The van der Waals surface area contributed by atoms with Crippen LogP contribution >= 0.6 is 0 Å². The van der Waals surface area contributed by atoms with Crippen LogP contribution in [0.5, 0.6) is 0 Å². The van der Waals surface area contributed by atoms with Crippen LogP contribution in [0.1, 0.15) is 19.3 Å². The van der Waals surface area contributed by atoms with Crippen molar-refractivity contribution in [1.82, 2.24) is 0 Å². The number of carbonyl (C=O) groups excluding carboxylic acids is 1. The second-order valence-corrected chi connectivity index (χ2v) is 2.60. The van der Waals surface area contributed by atoms with Gasteiger partial charge in [0, 0.05) is 12.7 Å². The number of hydrogen-bond acceptors (Lipinski definition) is 4. The van der Waals surface area contributed by atoms with Crippen LogP contribution in [0.3, 0.4) is 0 Å². The summed E-state index contributed by atoms with van der Waals surface area (Å²) < 4.78 is 9.88. The summed E-state index contributed by atoms with van der Waals surface area (Å²) in [6, 6.07) is 1.99. The Balaban J connectivity index is 3.03. The van der Waals surface area contributed by atoms with E-state index in [0.29, 0.717) is 26.2 Å². The van der Waals surface area contributed by atoms with Crippen molar-refractivity contribution in [3.8, 4) is 6.07 Å². The minimum absolute atomic E-state index is 0.393. The van der Waals surface area contributed by atoms with Crippen LogP contribution < -0.4 is 0 Å². The van der Waals surface area contributed by atoms with E-state index in [-0.39, 0.29) is 0 Å². The highest BCUT2D eigenvalue weighted by molar-refractivity contribution is 5.81. The smallest absolute Gasteiger partial charge is 0.330 e. The number of ether oxygens (including phenoxy) is 2. The third-order valence-electron chi connectivity index (χ3n) is 1.45. The Kier molecular flexibility index (Phi) is 8.81. The molecule has 0 bridgehead atoms. The Morgan fingerprint density at radius 3 is 2.71 bits per heavy atom. The maximum atomic E-state index is 10.6. The van der Waals surface area contributed by atoms with Gasteiger partial charge in [0.15, 0.2) is 0 Å². The quantitative estimate of drug-likeness (QED) is 0.335. The van der Waals surface area contributed by atoms with Crippen molar-refractivity contribution >= 4 is 5.97 Å². The summed E-state index contributed by atoms with van der Waals surface area (Å²) in [5.41, 5.74) is 0. The first-order valence-electron chi connectivity index (χ1n) is 4.55.